The maximum atomic E-state index is 13.8. The van der Waals surface area contributed by atoms with E-state index in [0.717, 1.165) is 79.5 Å². The number of hydrogen-bond acceptors (Lipinski definition) is 24. The Hall–Kier alpha value is -17.4. The summed E-state index contributed by atoms with van der Waals surface area (Å²) in [6.07, 6.45) is 34.7. The van der Waals surface area contributed by atoms with Gasteiger partial charge in [0.2, 0.25) is 23.6 Å². The van der Waals surface area contributed by atoms with Crippen molar-refractivity contribution in [3.8, 4) is 23.5 Å². The molecule has 5 aliphatic carbocycles. The highest BCUT2D eigenvalue weighted by atomic mass is 16.5. The largest absolute Gasteiger partial charge is 0.478 e. The Morgan fingerprint density at radius 3 is 0.957 bits per heavy atom. The summed E-state index contributed by atoms with van der Waals surface area (Å²) in [5.74, 6) is 1.37. The number of imidazole rings is 4. The fraction of sp³-hybridized carbons (Fsp3) is 0.273. The summed E-state index contributed by atoms with van der Waals surface area (Å²) in [6.45, 7) is 19.2. The number of nitrogens with one attached hydrogen (secondary N) is 8. The highest BCUT2D eigenvalue weighted by molar-refractivity contribution is 6.01. The molecule has 5 aliphatic rings. The molecule has 5 fully saturated rings. The van der Waals surface area contributed by atoms with E-state index in [0.29, 0.717) is 168 Å². The van der Waals surface area contributed by atoms with Gasteiger partial charge in [-0.3, -0.25) is 57.1 Å². The second kappa shape index (κ2) is 39.7. The van der Waals surface area contributed by atoms with Gasteiger partial charge >= 0.3 is 0 Å². The van der Waals surface area contributed by atoms with Crippen molar-refractivity contribution in [1.29, 1.82) is 0 Å². The van der Waals surface area contributed by atoms with Crippen molar-refractivity contribution < 1.29 is 38.1 Å². The highest BCUT2D eigenvalue weighted by Crippen LogP contribution is 2.63. The van der Waals surface area contributed by atoms with Gasteiger partial charge in [-0.25, -0.2) is 19.9 Å². The Morgan fingerprint density at radius 2 is 0.676 bits per heavy atom. The number of anilines is 12. The van der Waals surface area contributed by atoms with Gasteiger partial charge in [-0.15, -0.1) is 20.4 Å². The lowest BCUT2D eigenvalue weighted by molar-refractivity contribution is -0.112. The van der Waals surface area contributed by atoms with E-state index in [1.54, 1.807) is 147 Å². The van der Waals surface area contributed by atoms with Crippen molar-refractivity contribution in [3.63, 3.8) is 0 Å². The predicted octanol–water partition coefficient (Wildman–Crippen LogP) is 13.6. The van der Waals surface area contributed by atoms with Crippen LogP contribution in [-0.4, -0.2) is 148 Å². The van der Waals surface area contributed by atoms with Crippen molar-refractivity contribution >= 4 is 136 Å². The van der Waals surface area contributed by atoms with Gasteiger partial charge in [0.15, 0.2) is 0 Å². The van der Waals surface area contributed by atoms with Crippen LogP contribution in [0.15, 0.2) is 242 Å². The first-order valence-electron chi connectivity index (χ1n) is 45.0. The molecule has 4 amide bonds. The van der Waals surface area contributed by atoms with Gasteiger partial charge in [-0.2, -0.15) is 0 Å². The van der Waals surface area contributed by atoms with Gasteiger partial charge in [0.25, 0.3) is 45.8 Å². The third-order valence-corrected chi connectivity index (χ3v) is 24.6. The number of nitrogens with zero attached hydrogens (tertiary/aromatic N) is 20. The maximum Gasteiger partial charge on any atom is 0.277 e. The van der Waals surface area contributed by atoms with Gasteiger partial charge in [0.05, 0.1) is 127 Å². The van der Waals surface area contributed by atoms with E-state index in [1.807, 2.05) is 146 Å². The molecule has 0 atom stereocenters. The highest BCUT2D eigenvalue weighted by Gasteiger charge is 2.58. The molecule has 714 valence electrons. The van der Waals surface area contributed by atoms with Crippen LogP contribution < -0.4 is 83.7 Å². The number of aryl methyl sites for hydroxylation is 4. The lowest BCUT2D eigenvalue weighted by atomic mass is 9.49. The van der Waals surface area contributed by atoms with Gasteiger partial charge in [-0.05, 0) is 166 Å². The number of fused-ring (bicyclic) bond motifs is 4. The zero-order chi connectivity index (χ0) is 97.8. The van der Waals surface area contributed by atoms with E-state index in [4.69, 9.17) is 18.9 Å². The zero-order valence-electron chi connectivity index (χ0n) is 78.4. The Balaban J connectivity index is 0.000000128. The minimum absolute atomic E-state index is 0.00983. The molecule has 40 heteroatoms. The number of amides is 4. The minimum atomic E-state index is -0.298. The number of rotatable bonds is 32. The second-order valence-corrected chi connectivity index (χ2v) is 34.9. The zero-order valence-corrected chi connectivity index (χ0v) is 78.4. The molecule has 16 aromatic rings. The van der Waals surface area contributed by atoms with Gasteiger partial charge in [-0.1, -0.05) is 74.8 Å². The summed E-state index contributed by atoms with van der Waals surface area (Å²) in [4.78, 5) is 120. The summed E-state index contributed by atoms with van der Waals surface area (Å²) in [5, 5.41) is 41.7. The third kappa shape index (κ3) is 19.8. The first-order valence-corrected chi connectivity index (χ1v) is 45.0. The molecule has 5 saturated carbocycles. The van der Waals surface area contributed by atoms with E-state index in [2.05, 4.69) is 114 Å². The molecular weight excluding hydrogens is 1770 g/mol. The number of aromatic nitrogens is 20. The molecule has 40 nitrogen and oxygen atoms in total. The first-order chi connectivity index (χ1) is 67.1. The lowest BCUT2D eigenvalue weighted by Gasteiger charge is -2.62. The van der Waals surface area contributed by atoms with Crippen molar-refractivity contribution in [2.75, 3.05) is 71.0 Å². The van der Waals surface area contributed by atoms with Crippen LogP contribution in [0.3, 0.4) is 0 Å². The Kier molecular flexibility index (Phi) is 26.7. The van der Waals surface area contributed by atoms with Crippen molar-refractivity contribution in [3.05, 3.63) is 286 Å². The van der Waals surface area contributed by atoms with Crippen LogP contribution in [0.1, 0.15) is 106 Å². The summed E-state index contributed by atoms with van der Waals surface area (Å²) in [7, 11) is 13.5. The average molecular weight is 1880 g/mol. The van der Waals surface area contributed by atoms with Crippen LogP contribution in [-0.2, 0) is 79.1 Å². The number of carbonyl (C=O) groups excluding carboxylic acids is 4. The molecule has 0 saturated heterocycles. The standard InChI is InChI=1S/C26H27N7O3.C25H27N7O3.C24H25N7O3.C24H27N7O3/c1-4-21(34)28-18-7-5-6-16(8-18)12-32-14-19(29-20-13-31(2)30-24(20)36-3)22-23(25(32)35)33(15-27-22)26-9-17(10-26)11-26;1-4-21(33)27-17-8-5-7-16(11-17)12-31-14-19(28-20-13-30(2)29-24(20)35-3)22-23(25(31)34)32(15-26-22)18-9-6-10-18;1-4-20(32)26-16-7-5-6-15(10-16)11-30-13-18(27-19-12-29(2)28-23(19)34-3)21-22(24(30)33)31(14-25-21)17-8-9-17;1-6-20(32)26-17-9-7-8-16(10-17)11-30-13-18(27-19-12-29(4)28-23(19)34-5)21-22(24(30)33)31(14-25-21)15(2)3/h4-8,13-15,17,29H,1,9-12H2,2-3H3,(H,28,34);4-5,7-8,11,13-15,18,28H,1,6,9-10,12H2,2-3H3,(H,27,33);4-7,10,12-14,17,27H,1,8-9,11H2,2-3H3,(H,26,32);6-10,12-15,27H,1,11H2,2-5H3,(H,26,32). The van der Waals surface area contributed by atoms with Crippen LogP contribution in [0.5, 0.6) is 23.5 Å². The van der Waals surface area contributed by atoms with Crippen molar-refractivity contribution in [2.24, 2.45) is 34.1 Å². The summed E-state index contributed by atoms with van der Waals surface area (Å²) < 4.78 is 42.7. The van der Waals surface area contributed by atoms with Gasteiger partial charge in [0, 0.05) is 99.4 Å². The molecule has 139 heavy (non-hydrogen) atoms. The number of ether oxygens (including phenoxy) is 4. The molecule has 4 aromatic carbocycles. The molecule has 2 bridgehead atoms. The second-order valence-electron chi connectivity index (χ2n) is 34.9. The smallest absolute Gasteiger partial charge is 0.277 e. The van der Waals surface area contributed by atoms with Gasteiger partial charge in [0.1, 0.15) is 66.9 Å². The van der Waals surface area contributed by atoms with Crippen molar-refractivity contribution in [1.82, 2.24) is 95.6 Å². The van der Waals surface area contributed by atoms with Crippen LogP contribution in [0, 0.1) is 5.92 Å². The molecule has 8 N–H and O–H groups in total. The molecule has 0 unspecified atom stereocenters. The monoisotopic (exact) mass is 1880 g/mol. The summed E-state index contributed by atoms with van der Waals surface area (Å²) in [6, 6.07) is 30.2. The van der Waals surface area contributed by atoms with Gasteiger partial charge < -0.3 is 98.0 Å². The number of benzene rings is 4. The van der Waals surface area contributed by atoms with E-state index >= 15 is 0 Å². The topological polar surface area (TPSA) is 432 Å². The lowest BCUT2D eigenvalue weighted by Crippen LogP contribution is -2.59. The first kappa shape index (κ1) is 93.4. The molecule has 0 radical (unpaired) electrons. The third-order valence-electron chi connectivity index (χ3n) is 24.6. The van der Waals surface area contributed by atoms with Crippen molar-refractivity contribution in [2.45, 2.75) is 115 Å². The van der Waals surface area contributed by atoms with E-state index in [1.165, 1.54) is 24.3 Å². The SMILES string of the molecule is C=CC(=O)Nc1cccc(Cn2cc(Nc3cn(C)nc3OC)c3ncn(C(C)C)c3c2=O)c1.C=CC(=O)Nc1cccc(Cn2cc(Nc3cn(C)nc3OC)c3ncn(C45CC(C4)C5)c3c2=O)c1.C=CC(=O)Nc1cccc(Cn2cc(Nc3cn(C)nc3OC)c3ncn(C4CC4)c3c2=O)c1.C=CC(=O)Nc1cccc(Cn2cc(Nc3cn(C)nc3OC)c3ncn(C4CCC4)c3c2=O)c1. The van der Waals surface area contributed by atoms with E-state index < -0.39 is 0 Å². The van der Waals surface area contributed by atoms with Crippen LogP contribution >= 0.6 is 0 Å². The van der Waals surface area contributed by atoms with Crippen LogP contribution in [0.4, 0.5) is 68.2 Å². The fourth-order valence-electron chi connectivity index (χ4n) is 17.5. The van der Waals surface area contributed by atoms with Crippen LogP contribution in [0.2, 0.25) is 0 Å². The molecule has 12 heterocycles. The van der Waals surface area contributed by atoms with E-state index in [-0.39, 0.29) is 63.5 Å². The molecule has 12 aromatic heterocycles. The van der Waals surface area contributed by atoms with Crippen LogP contribution in [0.25, 0.3) is 44.1 Å². The Morgan fingerprint density at radius 1 is 0.388 bits per heavy atom. The predicted molar refractivity (Wildman–Crippen MR) is 532 cm³/mol. The van der Waals surface area contributed by atoms with E-state index in [9.17, 15) is 38.4 Å². The Labute approximate surface area is 795 Å². The Bertz CT molecular complexity index is 7510. The number of methoxy groups -OCH3 is 4. The average Bonchev–Trinajstić information content (AvgIpc) is 1.65. The number of hydrogen-bond donors (Lipinski definition) is 8. The quantitative estimate of drug-likeness (QED) is 0.0182. The molecular formula is C99H106N28O12. The number of pyridine rings is 4. The fourth-order valence-corrected chi connectivity index (χ4v) is 17.5. The normalized spacial score (nSPS) is 14.5. The molecule has 0 aliphatic heterocycles. The number of carbonyl (C=O) groups is 4. The molecule has 0 spiro atoms. The molecule has 21 rings (SSSR count). The maximum absolute atomic E-state index is 13.8. The summed E-state index contributed by atoms with van der Waals surface area (Å²) >= 11 is 0. The minimum Gasteiger partial charge on any atom is -0.478 e. The summed E-state index contributed by atoms with van der Waals surface area (Å²) in [5.41, 5.74) is 15.5.